The smallest absolute Gasteiger partial charge is 0.545 e. The van der Waals surface area contributed by atoms with E-state index in [0.29, 0.717) is 5.69 Å². The zero-order chi connectivity index (χ0) is 22.7. The molecule has 1 aromatic carbocycles. The van der Waals surface area contributed by atoms with Gasteiger partial charge in [-0.2, -0.15) is 0 Å². The van der Waals surface area contributed by atoms with E-state index in [1.165, 1.54) is 102 Å². The molecule has 0 heterocycles. The first-order valence-corrected chi connectivity index (χ1v) is 12.4. The van der Waals surface area contributed by atoms with E-state index in [0.717, 1.165) is 19.4 Å². The summed E-state index contributed by atoms with van der Waals surface area (Å²) in [6.45, 7) is 3.00. The Bertz CT molecular complexity index is 641. The van der Waals surface area contributed by atoms with Gasteiger partial charge in [-0.1, -0.05) is 109 Å². The van der Waals surface area contributed by atoms with Crippen LogP contribution in [0.2, 0.25) is 0 Å². The minimum absolute atomic E-state index is 0. The first-order chi connectivity index (χ1) is 15.1. The van der Waals surface area contributed by atoms with Crippen molar-refractivity contribution in [2.24, 2.45) is 0 Å². The van der Waals surface area contributed by atoms with Gasteiger partial charge in [0.25, 0.3) is 0 Å². The molecule has 0 fully saturated rings. The van der Waals surface area contributed by atoms with Crippen LogP contribution in [0, 0.1) is 0 Å². The maximum atomic E-state index is 11.1. The standard InChI is InChI=1S/C26H43NO4.2Na/c1-2-3-4-5-6-7-8-9-10-11-12-13-14-15-16-17-20-27-22-18-19-23(25(28)29)24(21-22)26(30)31;;/h18-19,21,27H,2-17,20H2,1H3,(H,28,29)(H,30,31);;/q;2*+1/p-2. The van der Waals surface area contributed by atoms with Crippen LogP contribution in [0.25, 0.3) is 0 Å². The number of benzene rings is 1. The van der Waals surface area contributed by atoms with Crippen molar-refractivity contribution in [3.63, 3.8) is 0 Å². The van der Waals surface area contributed by atoms with Gasteiger partial charge in [0, 0.05) is 23.4 Å². The summed E-state index contributed by atoms with van der Waals surface area (Å²) in [5.74, 6) is -3.02. The molecule has 0 unspecified atom stereocenters. The van der Waals surface area contributed by atoms with Crippen molar-refractivity contribution in [2.45, 2.75) is 110 Å². The number of carbonyl (C=O) groups is 2. The van der Waals surface area contributed by atoms with Gasteiger partial charge in [0.2, 0.25) is 0 Å². The molecule has 176 valence electrons. The predicted molar refractivity (Wildman–Crippen MR) is 123 cm³/mol. The summed E-state index contributed by atoms with van der Waals surface area (Å²) in [4.78, 5) is 22.0. The molecule has 0 atom stereocenters. The van der Waals surface area contributed by atoms with Gasteiger partial charge in [-0.05, 0) is 18.6 Å². The maximum Gasteiger partial charge on any atom is 1.00 e. The molecule has 0 aliphatic rings. The van der Waals surface area contributed by atoms with Crippen LogP contribution in [0.15, 0.2) is 18.2 Å². The Balaban J connectivity index is 0. The van der Waals surface area contributed by atoms with Gasteiger partial charge < -0.3 is 25.1 Å². The van der Waals surface area contributed by atoms with Crippen LogP contribution in [0.4, 0.5) is 5.69 Å². The van der Waals surface area contributed by atoms with Gasteiger partial charge in [-0.25, -0.2) is 0 Å². The molecule has 1 rings (SSSR count). The number of nitrogens with one attached hydrogen (secondary N) is 1. The number of hydrogen-bond donors (Lipinski definition) is 1. The monoisotopic (exact) mass is 477 g/mol. The van der Waals surface area contributed by atoms with Crippen LogP contribution in [0.5, 0.6) is 0 Å². The number of unbranched alkanes of at least 4 members (excludes halogenated alkanes) is 15. The van der Waals surface area contributed by atoms with Gasteiger partial charge >= 0.3 is 59.1 Å². The number of aromatic carboxylic acids is 2. The van der Waals surface area contributed by atoms with Gasteiger partial charge in [0.15, 0.2) is 0 Å². The van der Waals surface area contributed by atoms with E-state index >= 15 is 0 Å². The zero-order valence-corrected chi connectivity index (χ0v) is 25.4. The molecule has 7 heteroatoms. The Hall–Kier alpha value is -0.0400. The summed E-state index contributed by atoms with van der Waals surface area (Å²) in [5.41, 5.74) is -0.116. The Morgan fingerprint density at radius 1 is 0.636 bits per heavy atom. The molecule has 33 heavy (non-hydrogen) atoms. The van der Waals surface area contributed by atoms with Gasteiger partial charge in [-0.3, -0.25) is 0 Å². The van der Waals surface area contributed by atoms with Crippen LogP contribution in [-0.2, 0) is 0 Å². The summed E-state index contributed by atoms with van der Waals surface area (Å²) in [7, 11) is 0. The molecule has 0 bridgehead atoms. The third-order valence-electron chi connectivity index (χ3n) is 5.82. The fourth-order valence-corrected chi connectivity index (χ4v) is 3.91. The first-order valence-electron chi connectivity index (χ1n) is 12.4. The van der Waals surface area contributed by atoms with Gasteiger partial charge in [0.05, 0.1) is 11.9 Å². The summed E-state index contributed by atoms with van der Waals surface area (Å²) < 4.78 is 0. The van der Waals surface area contributed by atoms with Crippen molar-refractivity contribution in [3.05, 3.63) is 29.3 Å². The molecule has 0 radical (unpaired) electrons. The van der Waals surface area contributed by atoms with Gasteiger partial charge in [0.1, 0.15) is 0 Å². The zero-order valence-electron chi connectivity index (χ0n) is 21.4. The van der Waals surface area contributed by atoms with E-state index in [4.69, 9.17) is 0 Å². The number of anilines is 1. The quantitative estimate of drug-likeness (QED) is 0.194. The van der Waals surface area contributed by atoms with Crippen molar-refractivity contribution in [1.29, 1.82) is 0 Å². The summed E-state index contributed by atoms with van der Waals surface area (Å²) >= 11 is 0. The Labute approximate surface area is 245 Å². The fourth-order valence-electron chi connectivity index (χ4n) is 3.91. The first kappa shape index (κ1) is 35.1. The largest absolute Gasteiger partial charge is 1.00 e. The van der Waals surface area contributed by atoms with Crippen LogP contribution in [0.1, 0.15) is 130 Å². The van der Waals surface area contributed by atoms with Crippen molar-refractivity contribution >= 4 is 17.6 Å². The third kappa shape index (κ3) is 18.0. The van der Waals surface area contributed by atoms with E-state index in [2.05, 4.69) is 12.2 Å². The molecule has 0 saturated carbocycles. The molecule has 0 aromatic heterocycles. The molecule has 1 aromatic rings. The van der Waals surface area contributed by atoms with Crippen LogP contribution in [0.3, 0.4) is 0 Å². The van der Waals surface area contributed by atoms with E-state index in [1.54, 1.807) is 6.07 Å². The molecule has 0 spiro atoms. The van der Waals surface area contributed by atoms with E-state index in [-0.39, 0.29) is 70.2 Å². The Kier molecular flexibility index (Phi) is 25.2. The average molecular weight is 478 g/mol. The van der Waals surface area contributed by atoms with E-state index < -0.39 is 11.9 Å². The second-order valence-electron chi connectivity index (χ2n) is 8.57. The van der Waals surface area contributed by atoms with E-state index in [1.807, 2.05) is 0 Å². The van der Waals surface area contributed by atoms with Crippen molar-refractivity contribution < 1.29 is 78.9 Å². The van der Waals surface area contributed by atoms with E-state index in [9.17, 15) is 19.8 Å². The Morgan fingerprint density at radius 2 is 1.03 bits per heavy atom. The average Bonchev–Trinajstić information content (AvgIpc) is 2.75. The second-order valence-corrected chi connectivity index (χ2v) is 8.57. The number of carbonyl (C=O) groups excluding carboxylic acids is 2. The number of carboxylic acid groups (broad SMARTS) is 2. The second kappa shape index (κ2) is 23.7. The third-order valence-corrected chi connectivity index (χ3v) is 5.82. The number of rotatable bonds is 20. The van der Waals surface area contributed by atoms with Crippen LogP contribution in [-0.4, -0.2) is 18.5 Å². The van der Waals surface area contributed by atoms with Crippen molar-refractivity contribution in [3.8, 4) is 0 Å². The van der Waals surface area contributed by atoms with Crippen LogP contribution >= 0.6 is 0 Å². The molecule has 0 aliphatic heterocycles. The fraction of sp³-hybridized carbons (Fsp3) is 0.692. The molecule has 1 N–H and O–H groups in total. The molecule has 0 aliphatic carbocycles. The molecule has 0 saturated heterocycles. The summed E-state index contributed by atoms with van der Waals surface area (Å²) in [6.07, 6.45) is 21.2. The number of carboxylic acids is 2. The predicted octanol–water partition coefficient (Wildman–Crippen LogP) is -0.905. The minimum atomic E-state index is -1.51. The Morgan fingerprint density at radius 3 is 1.42 bits per heavy atom. The number of hydrogen-bond acceptors (Lipinski definition) is 5. The molecular weight excluding hydrogens is 436 g/mol. The molecule has 0 amide bonds. The summed E-state index contributed by atoms with van der Waals surface area (Å²) in [6, 6.07) is 4.10. The minimum Gasteiger partial charge on any atom is -0.545 e. The normalized spacial score (nSPS) is 10.2. The SMILES string of the molecule is CCCCCCCCCCCCCCCCCCNc1ccc(C(=O)[O-])c(C(=O)[O-])c1.[Na+].[Na+]. The molecular formula is C26H41NNa2O4. The topological polar surface area (TPSA) is 92.3 Å². The van der Waals surface area contributed by atoms with Crippen LogP contribution < -0.4 is 74.6 Å². The van der Waals surface area contributed by atoms with Crippen molar-refractivity contribution in [2.75, 3.05) is 11.9 Å². The maximum absolute atomic E-state index is 11.1. The van der Waals surface area contributed by atoms with Crippen molar-refractivity contribution in [1.82, 2.24) is 0 Å². The molecule has 5 nitrogen and oxygen atoms in total. The summed E-state index contributed by atoms with van der Waals surface area (Å²) in [5, 5.41) is 25.2. The van der Waals surface area contributed by atoms with Gasteiger partial charge in [-0.15, -0.1) is 0 Å².